The monoisotopic (exact) mass is 259 g/mol. The van der Waals surface area contributed by atoms with Gasteiger partial charge < -0.3 is 10.2 Å². The smallest absolute Gasteiger partial charge is 0.282 e. The Bertz CT molecular complexity index is 490. The van der Waals surface area contributed by atoms with Gasteiger partial charge in [-0.25, -0.2) is 22.2 Å². The topological polar surface area (TPSA) is 87.5 Å². The lowest BCUT2D eigenvalue weighted by atomic mass is 10.2. The molecular weight excluding hydrogens is 256 g/mol. The van der Waals surface area contributed by atoms with Crippen molar-refractivity contribution in [2.45, 2.75) is 11.5 Å². The van der Waals surface area contributed by atoms with Crippen LogP contribution < -0.4 is 0 Å². The molecule has 9 heteroatoms. The van der Waals surface area contributed by atoms with Crippen LogP contribution >= 0.6 is 10.7 Å². The first kappa shape index (κ1) is 11.9. The Morgan fingerprint density at radius 3 is 2.33 bits per heavy atom. The largest absolute Gasteiger partial charge is 0.506 e. The molecule has 0 saturated carbocycles. The number of nitrogens with zero attached hydrogens (tertiary/aromatic N) is 1. The van der Waals surface area contributed by atoms with E-state index in [1.807, 2.05) is 0 Å². The van der Waals surface area contributed by atoms with Crippen molar-refractivity contribution in [1.29, 1.82) is 0 Å². The van der Waals surface area contributed by atoms with Crippen LogP contribution in [0.5, 0.6) is 11.5 Å². The molecule has 0 aliphatic carbocycles. The average Bonchev–Trinajstić information content (AvgIpc) is 2.00. The van der Waals surface area contributed by atoms with Gasteiger partial charge in [-0.05, 0) is 0 Å². The van der Waals surface area contributed by atoms with E-state index in [9.17, 15) is 17.2 Å². The van der Waals surface area contributed by atoms with Gasteiger partial charge in [0.15, 0.2) is 5.75 Å². The third-order valence-electron chi connectivity index (χ3n) is 1.49. The summed E-state index contributed by atoms with van der Waals surface area (Å²) in [7, 11) is 0.376. The molecule has 1 aromatic rings. The van der Waals surface area contributed by atoms with Gasteiger partial charge in [0, 0.05) is 10.7 Å². The first-order chi connectivity index (χ1) is 6.75. The van der Waals surface area contributed by atoms with Crippen molar-refractivity contribution in [3.05, 3.63) is 11.8 Å². The second-order valence-electron chi connectivity index (χ2n) is 2.45. The summed E-state index contributed by atoms with van der Waals surface area (Å²) in [6.07, 6.45) is -2.78. The number of hydrogen-bond donors (Lipinski definition) is 2. The van der Waals surface area contributed by atoms with Gasteiger partial charge in [-0.1, -0.05) is 0 Å². The minimum Gasteiger partial charge on any atom is -0.506 e. The highest BCUT2D eigenvalue weighted by atomic mass is 35.7. The normalized spacial score (nSPS) is 12.0. The summed E-state index contributed by atoms with van der Waals surface area (Å²) < 4.78 is 46.1. The van der Waals surface area contributed by atoms with E-state index in [2.05, 4.69) is 4.98 Å². The Balaban J connectivity index is 3.56. The predicted molar refractivity (Wildman–Crippen MR) is 45.6 cm³/mol. The lowest BCUT2D eigenvalue weighted by molar-refractivity contribution is 0.142. The number of halogens is 3. The van der Waals surface area contributed by atoms with Gasteiger partial charge in [0.2, 0.25) is 5.03 Å². The van der Waals surface area contributed by atoms with Gasteiger partial charge in [-0.3, -0.25) is 0 Å². The van der Waals surface area contributed by atoms with Gasteiger partial charge in [0.1, 0.15) is 11.3 Å². The second kappa shape index (κ2) is 3.78. The summed E-state index contributed by atoms with van der Waals surface area (Å²) in [5.41, 5.74) is -1.22. The van der Waals surface area contributed by atoms with Gasteiger partial charge in [-0.2, -0.15) is 0 Å². The molecule has 84 valence electrons. The lowest BCUT2D eigenvalue weighted by Gasteiger charge is -2.07. The van der Waals surface area contributed by atoms with Crippen molar-refractivity contribution >= 4 is 19.7 Å². The van der Waals surface area contributed by atoms with Crippen molar-refractivity contribution in [3.8, 4) is 11.5 Å². The third-order valence-corrected chi connectivity index (χ3v) is 2.69. The minimum absolute atomic E-state index is 0.469. The fourth-order valence-corrected chi connectivity index (χ4v) is 1.74. The zero-order chi connectivity index (χ0) is 11.8. The maximum absolute atomic E-state index is 12.3. The molecule has 2 N–H and O–H groups in total. The molecule has 0 atom stereocenters. The van der Waals surface area contributed by atoms with Crippen LogP contribution in [0.2, 0.25) is 0 Å². The van der Waals surface area contributed by atoms with E-state index in [1.165, 1.54) is 0 Å². The van der Waals surface area contributed by atoms with Crippen molar-refractivity contribution in [3.63, 3.8) is 0 Å². The summed E-state index contributed by atoms with van der Waals surface area (Å²) in [4.78, 5) is 3.04. The lowest BCUT2D eigenvalue weighted by Crippen LogP contribution is -1.99. The van der Waals surface area contributed by atoms with E-state index in [1.54, 1.807) is 0 Å². The number of hydrogen-bond acceptors (Lipinski definition) is 5. The first-order valence-corrected chi connectivity index (χ1v) is 5.69. The van der Waals surface area contributed by atoms with Crippen LogP contribution in [0.3, 0.4) is 0 Å². The SMILES string of the molecule is O=S(=O)(Cl)c1ncc(O)c(C(F)F)c1O. The molecule has 0 radical (unpaired) electrons. The second-order valence-corrected chi connectivity index (χ2v) is 4.93. The molecule has 0 saturated heterocycles. The van der Waals surface area contributed by atoms with Crippen molar-refractivity contribution in [1.82, 2.24) is 4.98 Å². The van der Waals surface area contributed by atoms with E-state index in [0.717, 1.165) is 0 Å². The van der Waals surface area contributed by atoms with Gasteiger partial charge >= 0.3 is 0 Å². The number of alkyl halides is 2. The van der Waals surface area contributed by atoms with E-state index < -0.39 is 37.6 Å². The Labute approximate surface area is 87.4 Å². The number of aromatic nitrogens is 1. The van der Waals surface area contributed by atoms with Gasteiger partial charge in [-0.15, -0.1) is 0 Å². The van der Waals surface area contributed by atoms with Crippen LogP contribution in [0.1, 0.15) is 12.0 Å². The van der Waals surface area contributed by atoms with Crippen molar-refractivity contribution in [2.75, 3.05) is 0 Å². The maximum atomic E-state index is 12.3. The van der Waals surface area contributed by atoms with Crippen LogP contribution in [0.4, 0.5) is 8.78 Å². The summed E-state index contributed by atoms with van der Waals surface area (Å²) in [5, 5.41) is 16.9. The molecule has 1 rings (SSSR count). The van der Waals surface area contributed by atoms with Gasteiger partial charge in [0.05, 0.1) is 6.20 Å². The molecule has 0 unspecified atom stereocenters. The zero-order valence-corrected chi connectivity index (χ0v) is 8.43. The highest BCUT2D eigenvalue weighted by Gasteiger charge is 2.27. The maximum Gasteiger partial charge on any atom is 0.282 e. The zero-order valence-electron chi connectivity index (χ0n) is 6.85. The van der Waals surface area contributed by atoms with Crippen molar-refractivity contribution < 1.29 is 27.4 Å². The summed E-state index contributed by atoms with van der Waals surface area (Å²) in [6, 6.07) is 0. The minimum atomic E-state index is -4.44. The van der Waals surface area contributed by atoms with E-state index >= 15 is 0 Å². The van der Waals surface area contributed by atoms with Crippen LogP contribution in [0.25, 0.3) is 0 Å². The molecule has 1 aromatic heterocycles. The molecule has 0 aliphatic heterocycles. The predicted octanol–water partition coefficient (Wildman–Crippen LogP) is 1.36. The van der Waals surface area contributed by atoms with Gasteiger partial charge in [0.25, 0.3) is 15.5 Å². The highest BCUT2D eigenvalue weighted by molar-refractivity contribution is 8.13. The quantitative estimate of drug-likeness (QED) is 0.783. The number of pyridine rings is 1. The molecule has 0 amide bonds. The summed E-state index contributed by atoms with van der Waals surface area (Å²) in [5.74, 6) is -2.36. The Hall–Kier alpha value is -1.15. The van der Waals surface area contributed by atoms with Crippen LogP contribution in [-0.4, -0.2) is 23.6 Å². The molecule has 0 fully saturated rings. The summed E-state index contributed by atoms with van der Waals surface area (Å²) >= 11 is 0. The van der Waals surface area contributed by atoms with E-state index in [0.29, 0.717) is 6.20 Å². The average molecular weight is 260 g/mol. The van der Waals surface area contributed by atoms with Crippen molar-refractivity contribution in [2.24, 2.45) is 0 Å². The fourth-order valence-electron chi connectivity index (χ4n) is 0.881. The Morgan fingerprint density at radius 1 is 1.40 bits per heavy atom. The fraction of sp³-hybridized carbons (Fsp3) is 0.167. The molecule has 0 bridgehead atoms. The molecule has 0 aromatic carbocycles. The first-order valence-electron chi connectivity index (χ1n) is 3.38. The highest BCUT2D eigenvalue weighted by Crippen LogP contribution is 2.39. The number of aromatic hydroxyl groups is 2. The van der Waals surface area contributed by atoms with Crippen LogP contribution in [0, 0.1) is 0 Å². The molecule has 15 heavy (non-hydrogen) atoms. The van der Waals surface area contributed by atoms with E-state index in [4.69, 9.17) is 20.9 Å². The van der Waals surface area contributed by atoms with Crippen LogP contribution in [0.15, 0.2) is 11.2 Å². The Morgan fingerprint density at radius 2 is 1.93 bits per heavy atom. The Kier molecular flexibility index (Phi) is 3.00. The van der Waals surface area contributed by atoms with E-state index in [-0.39, 0.29) is 0 Å². The summed E-state index contributed by atoms with van der Waals surface area (Å²) in [6.45, 7) is 0. The molecule has 0 aliphatic rings. The van der Waals surface area contributed by atoms with Crippen LogP contribution in [-0.2, 0) is 9.05 Å². The molecule has 5 nitrogen and oxygen atoms in total. The number of rotatable bonds is 2. The standard InChI is InChI=1S/C6H4ClF2NO4S/c7-15(13,14)6-4(12)3(5(8)9)2(11)1-10-6/h1,5,11-12H. The third kappa shape index (κ3) is 2.26. The molecular formula is C6H4ClF2NO4S. The molecule has 1 heterocycles. The molecule has 0 spiro atoms.